The molecular weight excluding hydrogens is 166 g/mol. The zero-order chi connectivity index (χ0) is 10.6. The minimum Gasteiger partial charge on any atom is -0.459 e. The van der Waals surface area contributed by atoms with Crippen molar-refractivity contribution in [3.63, 3.8) is 0 Å². The van der Waals surface area contributed by atoms with E-state index in [0.29, 0.717) is 12.6 Å². The summed E-state index contributed by atoms with van der Waals surface area (Å²) in [6, 6.07) is 0.368. The first-order chi connectivity index (χ1) is 5.72. The van der Waals surface area contributed by atoms with Gasteiger partial charge in [-0.3, -0.25) is 9.69 Å². The molecule has 0 aromatic rings. The number of hydrogen-bond acceptors (Lipinski definition) is 3. The summed E-state index contributed by atoms with van der Waals surface area (Å²) >= 11 is 0. The molecule has 13 heavy (non-hydrogen) atoms. The molecule has 78 valence electrons. The molecule has 0 bridgehead atoms. The van der Waals surface area contributed by atoms with Gasteiger partial charge in [-0.2, -0.15) is 0 Å². The van der Waals surface area contributed by atoms with Crippen LogP contribution in [0.15, 0.2) is 0 Å². The predicted octanol–water partition coefficient (Wildman–Crippen LogP) is 1.67. The Labute approximate surface area is 81.1 Å². The van der Waals surface area contributed by atoms with Crippen molar-refractivity contribution in [3.05, 3.63) is 0 Å². The van der Waals surface area contributed by atoms with Crippen LogP contribution in [0.4, 0.5) is 0 Å². The van der Waals surface area contributed by atoms with E-state index in [-0.39, 0.29) is 11.6 Å². The molecule has 0 aliphatic rings. The lowest BCUT2D eigenvalue weighted by atomic mass is 10.2. The van der Waals surface area contributed by atoms with E-state index in [1.165, 1.54) is 0 Å². The summed E-state index contributed by atoms with van der Waals surface area (Å²) in [7, 11) is 1.91. The SMILES string of the molecule is CC(C)N(C)CC(=O)OC(C)(C)C. The van der Waals surface area contributed by atoms with Crippen molar-refractivity contribution in [1.29, 1.82) is 0 Å². The normalized spacial score (nSPS) is 12.3. The van der Waals surface area contributed by atoms with Gasteiger partial charge in [0.2, 0.25) is 0 Å². The molecular formula is C10H21NO2. The standard InChI is InChI=1S/C10H21NO2/c1-8(2)11(6)7-9(12)13-10(3,4)5/h8H,7H2,1-6H3. The Bertz CT molecular complexity index is 170. The Balaban J connectivity index is 3.89. The first-order valence-electron chi connectivity index (χ1n) is 4.64. The molecule has 0 rings (SSSR count). The van der Waals surface area contributed by atoms with Crippen molar-refractivity contribution in [1.82, 2.24) is 4.90 Å². The van der Waals surface area contributed by atoms with Gasteiger partial charge in [-0.05, 0) is 41.7 Å². The fourth-order valence-electron chi connectivity index (χ4n) is 0.760. The molecule has 0 heterocycles. The molecule has 0 amide bonds. The van der Waals surface area contributed by atoms with Gasteiger partial charge in [-0.1, -0.05) is 0 Å². The Morgan fingerprint density at radius 2 is 1.85 bits per heavy atom. The summed E-state index contributed by atoms with van der Waals surface area (Å²) in [5.41, 5.74) is -0.380. The Morgan fingerprint density at radius 1 is 1.38 bits per heavy atom. The minimum atomic E-state index is -0.380. The van der Waals surface area contributed by atoms with Crippen LogP contribution in [0.5, 0.6) is 0 Å². The summed E-state index contributed by atoms with van der Waals surface area (Å²) < 4.78 is 5.18. The molecule has 0 N–H and O–H groups in total. The molecule has 0 aliphatic carbocycles. The van der Waals surface area contributed by atoms with Gasteiger partial charge in [0.15, 0.2) is 0 Å². The van der Waals surface area contributed by atoms with Gasteiger partial charge < -0.3 is 4.74 Å². The molecule has 0 saturated carbocycles. The highest BCUT2D eigenvalue weighted by atomic mass is 16.6. The second-order valence-corrected chi connectivity index (χ2v) is 4.60. The maximum atomic E-state index is 11.3. The molecule has 0 atom stereocenters. The quantitative estimate of drug-likeness (QED) is 0.629. The largest absolute Gasteiger partial charge is 0.459 e. The summed E-state index contributed by atoms with van der Waals surface area (Å²) in [5, 5.41) is 0. The molecule has 0 unspecified atom stereocenters. The molecule has 3 nitrogen and oxygen atoms in total. The highest BCUT2D eigenvalue weighted by molar-refractivity contribution is 5.72. The molecule has 0 aromatic carbocycles. The number of ether oxygens (including phenoxy) is 1. The van der Waals surface area contributed by atoms with E-state index in [4.69, 9.17) is 4.74 Å². The highest BCUT2D eigenvalue weighted by Gasteiger charge is 2.18. The third kappa shape index (κ3) is 6.58. The fraction of sp³-hybridized carbons (Fsp3) is 0.900. The number of likely N-dealkylation sites (N-methyl/N-ethyl adjacent to an activating group) is 1. The van der Waals surface area contributed by atoms with Crippen LogP contribution in [-0.2, 0) is 9.53 Å². The van der Waals surface area contributed by atoms with Gasteiger partial charge in [0.25, 0.3) is 0 Å². The van der Waals surface area contributed by atoms with Gasteiger partial charge in [0.1, 0.15) is 5.60 Å². The van der Waals surface area contributed by atoms with Crippen molar-refractivity contribution < 1.29 is 9.53 Å². The third-order valence-electron chi connectivity index (χ3n) is 1.68. The molecule has 0 spiro atoms. The average molecular weight is 187 g/mol. The van der Waals surface area contributed by atoms with Crippen LogP contribution in [-0.4, -0.2) is 36.1 Å². The summed E-state index contributed by atoms with van der Waals surface area (Å²) in [4.78, 5) is 13.3. The van der Waals surface area contributed by atoms with E-state index in [1.54, 1.807) is 0 Å². The summed E-state index contributed by atoms with van der Waals surface area (Å²) in [5.74, 6) is -0.163. The summed E-state index contributed by atoms with van der Waals surface area (Å²) in [6.45, 7) is 10.1. The van der Waals surface area contributed by atoms with Gasteiger partial charge in [0, 0.05) is 6.04 Å². The topological polar surface area (TPSA) is 29.5 Å². The predicted molar refractivity (Wildman–Crippen MR) is 53.6 cm³/mol. The third-order valence-corrected chi connectivity index (χ3v) is 1.68. The lowest BCUT2D eigenvalue weighted by Crippen LogP contribution is -2.36. The zero-order valence-electron chi connectivity index (χ0n) is 9.55. The molecule has 0 aliphatic heterocycles. The van der Waals surface area contributed by atoms with Gasteiger partial charge in [0.05, 0.1) is 6.54 Å². The van der Waals surface area contributed by atoms with Crippen LogP contribution in [0.2, 0.25) is 0 Å². The molecule has 0 aromatic heterocycles. The minimum absolute atomic E-state index is 0.163. The van der Waals surface area contributed by atoms with E-state index in [9.17, 15) is 4.79 Å². The van der Waals surface area contributed by atoms with Crippen molar-refractivity contribution in [2.24, 2.45) is 0 Å². The number of hydrogen-bond donors (Lipinski definition) is 0. The molecule has 0 saturated heterocycles. The van der Waals surface area contributed by atoms with E-state index in [1.807, 2.05) is 46.6 Å². The van der Waals surface area contributed by atoms with Crippen LogP contribution in [0, 0.1) is 0 Å². The van der Waals surface area contributed by atoms with Gasteiger partial charge >= 0.3 is 5.97 Å². The average Bonchev–Trinajstić information content (AvgIpc) is 1.81. The van der Waals surface area contributed by atoms with Crippen LogP contribution >= 0.6 is 0 Å². The van der Waals surface area contributed by atoms with Crippen molar-refractivity contribution in [2.75, 3.05) is 13.6 Å². The van der Waals surface area contributed by atoms with Crippen LogP contribution in [0.25, 0.3) is 0 Å². The molecule has 0 fully saturated rings. The first kappa shape index (κ1) is 12.4. The maximum absolute atomic E-state index is 11.3. The molecule has 0 radical (unpaired) electrons. The zero-order valence-corrected chi connectivity index (χ0v) is 9.55. The smallest absolute Gasteiger partial charge is 0.320 e. The number of esters is 1. The number of carbonyl (C=O) groups is 1. The van der Waals surface area contributed by atoms with Crippen molar-refractivity contribution in [2.45, 2.75) is 46.3 Å². The monoisotopic (exact) mass is 187 g/mol. The molecule has 3 heteroatoms. The maximum Gasteiger partial charge on any atom is 0.320 e. The van der Waals surface area contributed by atoms with Crippen LogP contribution in [0.1, 0.15) is 34.6 Å². The van der Waals surface area contributed by atoms with Gasteiger partial charge in [-0.25, -0.2) is 0 Å². The second kappa shape index (κ2) is 4.61. The Kier molecular flexibility index (Phi) is 4.40. The van der Waals surface area contributed by atoms with Crippen molar-refractivity contribution >= 4 is 5.97 Å². The van der Waals surface area contributed by atoms with E-state index < -0.39 is 0 Å². The lowest BCUT2D eigenvalue weighted by molar-refractivity contribution is -0.156. The van der Waals surface area contributed by atoms with E-state index in [2.05, 4.69) is 0 Å². The Hall–Kier alpha value is -0.570. The highest BCUT2D eigenvalue weighted by Crippen LogP contribution is 2.07. The number of carbonyl (C=O) groups excluding carboxylic acids is 1. The number of nitrogens with zero attached hydrogens (tertiary/aromatic N) is 1. The van der Waals surface area contributed by atoms with E-state index in [0.717, 1.165) is 0 Å². The van der Waals surface area contributed by atoms with Crippen molar-refractivity contribution in [3.8, 4) is 0 Å². The van der Waals surface area contributed by atoms with Crippen LogP contribution in [0.3, 0.4) is 0 Å². The fourth-order valence-corrected chi connectivity index (χ4v) is 0.760. The number of rotatable bonds is 3. The first-order valence-corrected chi connectivity index (χ1v) is 4.64. The lowest BCUT2D eigenvalue weighted by Gasteiger charge is -2.24. The van der Waals surface area contributed by atoms with E-state index >= 15 is 0 Å². The second-order valence-electron chi connectivity index (χ2n) is 4.60. The summed E-state index contributed by atoms with van der Waals surface area (Å²) in [6.07, 6.45) is 0. The van der Waals surface area contributed by atoms with Crippen LogP contribution < -0.4 is 0 Å². The Morgan fingerprint density at radius 3 is 2.15 bits per heavy atom. The van der Waals surface area contributed by atoms with Gasteiger partial charge in [-0.15, -0.1) is 0 Å².